The van der Waals surface area contributed by atoms with Crippen molar-refractivity contribution in [1.82, 2.24) is 4.90 Å². The van der Waals surface area contributed by atoms with Crippen LogP contribution in [0.5, 0.6) is 0 Å². The van der Waals surface area contributed by atoms with E-state index >= 15 is 0 Å². The molecular weight excluding hydrogens is 381 g/mol. The lowest BCUT2D eigenvalue weighted by atomic mass is 9.84. The van der Waals surface area contributed by atoms with Gasteiger partial charge in [-0.25, -0.2) is 0 Å². The number of rotatable bonds is 5. The summed E-state index contributed by atoms with van der Waals surface area (Å²) in [5.41, 5.74) is 1.43. The van der Waals surface area contributed by atoms with Crippen LogP contribution >= 0.6 is 0 Å². The highest BCUT2D eigenvalue weighted by molar-refractivity contribution is 5.67. The van der Waals surface area contributed by atoms with Gasteiger partial charge in [0, 0.05) is 19.0 Å². The standard InChI is InChI=1S/C22H21F3N2O2/c23-22(24,25)19-7-5-16(6-8-19)20-11-15(12-21(28)29)9-10-27(20)14-18-4-2-1-3-17(18)13-26/h1-8,15,20H,9-12,14H2,(H,28,29)/t15-,20+/m0/s1. The maximum absolute atomic E-state index is 12.9. The Hall–Kier alpha value is -2.85. The van der Waals surface area contributed by atoms with E-state index in [4.69, 9.17) is 5.11 Å². The molecule has 1 saturated heterocycles. The topological polar surface area (TPSA) is 64.3 Å². The van der Waals surface area contributed by atoms with Gasteiger partial charge in [0.2, 0.25) is 0 Å². The predicted molar refractivity (Wildman–Crippen MR) is 101 cm³/mol. The number of carboxylic acids is 1. The Morgan fingerprint density at radius 1 is 1.17 bits per heavy atom. The van der Waals surface area contributed by atoms with Crippen molar-refractivity contribution in [3.05, 3.63) is 70.8 Å². The van der Waals surface area contributed by atoms with E-state index in [-0.39, 0.29) is 18.4 Å². The van der Waals surface area contributed by atoms with Gasteiger partial charge in [0.05, 0.1) is 17.2 Å². The van der Waals surface area contributed by atoms with Gasteiger partial charge in [-0.1, -0.05) is 30.3 Å². The second-order valence-corrected chi connectivity index (χ2v) is 7.36. The maximum Gasteiger partial charge on any atom is 0.416 e. The Balaban J connectivity index is 1.88. The van der Waals surface area contributed by atoms with Crippen LogP contribution in [0.25, 0.3) is 0 Å². The quantitative estimate of drug-likeness (QED) is 0.764. The van der Waals surface area contributed by atoms with Crippen molar-refractivity contribution in [3.63, 3.8) is 0 Å². The van der Waals surface area contributed by atoms with E-state index in [1.807, 2.05) is 12.1 Å². The fourth-order valence-electron chi connectivity index (χ4n) is 3.94. The lowest BCUT2D eigenvalue weighted by molar-refractivity contribution is -0.139. The van der Waals surface area contributed by atoms with Crippen molar-refractivity contribution in [2.24, 2.45) is 5.92 Å². The first-order chi connectivity index (χ1) is 13.8. The molecule has 1 aliphatic heterocycles. The highest BCUT2D eigenvalue weighted by Gasteiger charge is 2.33. The fraction of sp³-hybridized carbons (Fsp3) is 0.364. The van der Waals surface area contributed by atoms with Gasteiger partial charge in [-0.15, -0.1) is 0 Å². The Labute approximate surface area is 167 Å². The van der Waals surface area contributed by atoms with E-state index in [9.17, 15) is 23.2 Å². The van der Waals surface area contributed by atoms with Gasteiger partial charge in [0.25, 0.3) is 0 Å². The zero-order chi connectivity index (χ0) is 21.0. The van der Waals surface area contributed by atoms with Crippen LogP contribution in [-0.4, -0.2) is 22.5 Å². The number of nitriles is 1. The third-order valence-electron chi connectivity index (χ3n) is 5.42. The third-order valence-corrected chi connectivity index (χ3v) is 5.42. The van der Waals surface area contributed by atoms with Gasteiger partial charge >= 0.3 is 12.1 Å². The summed E-state index contributed by atoms with van der Waals surface area (Å²) in [4.78, 5) is 13.3. The fourth-order valence-corrected chi connectivity index (χ4v) is 3.94. The third kappa shape index (κ3) is 5.15. The molecule has 1 N–H and O–H groups in total. The molecule has 0 aliphatic carbocycles. The van der Waals surface area contributed by atoms with Gasteiger partial charge in [-0.05, 0) is 54.6 Å². The molecule has 1 heterocycles. The average molecular weight is 402 g/mol. The summed E-state index contributed by atoms with van der Waals surface area (Å²) in [6, 6.07) is 14.3. The van der Waals surface area contributed by atoms with Crippen molar-refractivity contribution < 1.29 is 23.1 Å². The Kier molecular flexibility index (Phi) is 6.23. The van der Waals surface area contributed by atoms with Crippen LogP contribution < -0.4 is 0 Å². The molecule has 0 bridgehead atoms. The predicted octanol–water partition coefficient (Wildman–Crippen LogP) is 5.01. The lowest BCUT2D eigenvalue weighted by Crippen LogP contribution is -2.37. The zero-order valence-electron chi connectivity index (χ0n) is 15.7. The molecule has 2 atom stereocenters. The van der Waals surface area contributed by atoms with Crippen molar-refractivity contribution in [2.75, 3.05) is 6.54 Å². The summed E-state index contributed by atoms with van der Waals surface area (Å²) in [7, 11) is 0. The minimum Gasteiger partial charge on any atom is -0.481 e. The van der Waals surface area contributed by atoms with Crippen molar-refractivity contribution in [1.29, 1.82) is 5.26 Å². The van der Waals surface area contributed by atoms with E-state index in [2.05, 4.69) is 11.0 Å². The molecule has 1 fully saturated rings. The molecule has 0 aromatic heterocycles. The van der Waals surface area contributed by atoms with E-state index < -0.39 is 17.7 Å². The number of carboxylic acid groups (broad SMARTS) is 1. The second-order valence-electron chi connectivity index (χ2n) is 7.36. The summed E-state index contributed by atoms with van der Waals surface area (Å²) in [6.07, 6.45) is -3.12. The monoisotopic (exact) mass is 402 g/mol. The van der Waals surface area contributed by atoms with E-state index in [1.54, 1.807) is 12.1 Å². The van der Waals surface area contributed by atoms with Gasteiger partial charge in [-0.2, -0.15) is 18.4 Å². The number of nitrogens with zero attached hydrogens (tertiary/aromatic N) is 2. The van der Waals surface area contributed by atoms with Crippen LogP contribution in [0.2, 0.25) is 0 Å². The van der Waals surface area contributed by atoms with Crippen molar-refractivity contribution in [3.8, 4) is 6.07 Å². The van der Waals surface area contributed by atoms with Crippen LogP contribution in [-0.2, 0) is 17.5 Å². The minimum absolute atomic E-state index is 0.0396. The van der Waals surface area contributed by atoms with Crippen molar-refractivity contribution >= 4 is 5.97 Å². The summed E-state index contributed by atoms with van der Waals surface area (Å²) < 4.78 is 38.7. The van der Waals surface area contributed by atoms with Crippen LogP contribution in [0.3, 0.4) is 0 Å². The first-order valence-electron chi connectivity index (χ1n) is 9.39. The molecule has 0 radical (unpaired) electrons. The second kappa shape index (κ2) is 8.66. The van der Waals surface area contributed by atoms with Crippen LogP contribution in [0.15, 0.2) is 48.5 Å². The highest BCUT2D eigenvalue weighted by Crippen LogP contribution is 2.38. The number of benzene rings is 2. The molecule has 7 heteroatoms. The van der Waals surface area contributed by atoms with Crippen LogP contribution in [0.4, 0.5) is 13.2 Å². The number of alkyl halides is 3. The number of hydrogen-bond acceptors (Lipinski definition) is 3. The molecule has 0 amide bonds. The number of halogens is 3. The average Bonchev–Trinajstić information content (AvgIpc) is 2.68. The van der Waals surface area contributed by atoms with E-state index in [1.165, 1.54) is 12.1 Å². The normalized spacial score (nSPS) is 20.2. The van der Waals surface area contributed by atoms with Gasteiger partial charge in [-0.3, -0.25) is 9.69 Å². The number of aliphatic carboxylic acids is 1. The molecule has 4 nitrogen and oxygen atoms in total. The molecular formula is C22H21F3N2O2. The first kappa shape index (κ1) is 20.9. The number of likely N-dealkylation sites (tertiary alicyclic amines) is 1. The highest BCUT2D eigenvalue weighted by atomic mass is 19.4. The molecule has 152 valence electrons. The largest absolute Gasteiger partial charge is 0.481 e. The Bertz CT molecular complexity index is 904. The Morgan fingerprint density at radius 2 is 1.86 bits per heavy atom. The summed E-state index contributed by atoms with van der Waals surface area (Å²) in [6.45, 7) is 1.10. The van der Waals surface area contributed by atoms with Gasteiger partial charge < -0.3 is 5.11 Å². The molecule has 1 aliphatic rings. The SMILES string of the molecule is N#Cc1ccccc1CN1CC[C@H](CC(=O)O)C[C@@H]1c1ccc(C(F)(F)F)cc1. The molecule has 29 heavy (non-hydrogen) atoms. The Morgan fingerprint density at radius 3 is 2.48 bits per heavy atom. The van der Waals surface area contributed by atoms with E-state index in [0.29, 0.717) is 31.5 Å². The molecule has 0 saturated carbocycles. The van der Waals surface area contributed by atoms with Crippen LogP contribution in [0.1, 0.15) is 47.6 Å². The minimum atomic E-state index is -4.40. The molecule has 0 unspecified atom stereocenters. The molecule has 2 aromatic rings. The summed E-state index contributed by atoms with van der Waals surface area (Å²) in [5, 5.41) is 18.5. The first-order valence-corrected chi connectivity index (χ1v) is 9.39. The maximum atomic E-state index is 12.9. The molecule has 0 spiro atoms. The number of carbonyl (C=O) groups is 1. The summed E-state index contributed by atoms with van der Waals surface area (Å²) in [5.74, 6) is -0.910. The van der Waals surface area contributed by atoms with Crippen molar-refractivity contribution in [2.45, 2.75) is 38.0 Å². The van der Waals surface area contributed by atoms with Gasteiger partial charge in [0.1, 0.15) is 0 Å². The smallest absolute Gasteiger partial charge is 0.416 e. The molecule has 2 aromatic carbocycles. The lowest BCUT2D eigenvalue weighted by Gasteiger charge is -2.40. The number of piperidine rings is 1. The number of hydrogen-bond donors (Lipinski definition) is 1. The summed E-state index contributed by atoms with van der Waals surface area (Å²) >= 11 is 0. The van der Waals surface area contributed by atoms with Crippen LogP contribution in [0, 0.1) is 17.2 Å². The zero-order valence-corrected chi connectivity index (χ0v) is 15.7. The van der Waals surface area contributed by atoms with E-state index in [0.717, 1.165) is 23.3 Å². The molecule has 3 rings (SSSR count). The van der Waals surface area contributed by atoms with Gasteiger partial charge in [0.15, 0.2) is 0 Å².